The third-order valence-electron chi connectivity index (χ3n) is 2.90. The molecule has 114 valence electrons. The summed E-state index contributed by atoms with van der Waals surface area (Å²) in [5, 5.41) is 8.86. The highest BCUT2D eigenvalue weighted by Gasteiger charge is 2.16. The Kier molecular flexibility index (Phi) is 7.23. The summed E-state index contributed by atoms with van der Waals surface area (Å²) in [5.41, 5.74) is 1.09. The average Bonchev–Trinajstić information content (AvgIpc) is 2.43. The quantitative estimate of drug-likeness (QED) is 0.800. The molecular formula is C17H23NO3. The SMILES string of the molecule is CC(C)CN(CC(=O)O)C(=O)CC/C=C/c1ccccc1. The zero-order chi connectivity index (χ0) is 15.7. The number of carboxylic acid groups (broad SMARTS) is 1. The molecule has 0 aliphatic heterocycles. The fraction of sp³-hybridized carbons (Fsp3) is 0.412. The highest BCUT2D eigenvalue weighted by Crippen LogP contribution is 2.06. The molecule has 0 atom stereocenters. The van der Waals surface area contributed by atoms with Crippen LogP contribution in [0.5, 0.6) is 0 Å². The van der Waals surface area contributed by atoms with E-state index in [9.17, 15) is 9.59 Å². The summed E-state index contributed by atoms with van der Waals surface area (Å²) in [6.07, 6.45) is 4.87. The van der Waals surface area contributed by atoms with Crippen LogP contribution in [0.3, 0.4) is 0 Å². The van der Waals surface area contributed by atoms with Gasteiger partial charge >= 0.3 is 5.97 Å². The molecule has 0 radical (unpaired) electrons. The van der Waals surface area contributed by atoms with Crippen LogP contribution in [0, 0.1) is 5.92 Å². The molecule has 0 aliphatic carbocycles. The van der Waals surface area contributed by atoms with E-state index < -0.39 is 5.97 Å². The highest BCUT2D eigenvalue weighted by molar-refractivity contribution is 5.81. The minimum atomic E-state index is -0.969. The lowest BCUT2D eigenvalue weighted by molar-refractivity contribution is -0.144. The molecule has 21 heavy (non-hydrogen) atoms. The number of amides is 1. The third-order valence-corrected chi connectivity index (χ3v) is 2.90. The average molecular weight is 289 g/mol. The second kappa shape index (κ2) is 8.95. The molecule has 0 spiro atoms. The molecule has 1 amide bonds. The second-order valence-electron chi connectivity index (χ2n) is 5.41. The largest absolute Gasteiger partial charge is 0.480 e. The van der Waals surface area contributed by atoms with E-state index >= 15 is 0 Å². The lowest BCUT2D eigenvalue weighted by Crippen LogP contribution is -2.38. The van der Waals surface area contributed by atoms with Crippen LogP contribution in [0.15, 0.2) is 36.4 Å². The van der Waals surface area contributed by atoms with Crippen LogP contribution in [0.1, 0.15) is 32.3 Å². The van der Waals surface area contributed by atoms with Crippen LogP contribution in [0.2, 0.25) is 0 Å². The first-order valence-electron chi connectivity index (χ1n) is 7.20. The van der Waals surface area contributed by atoms with Gasteiger partial charge in [-0.25, -0.2) is 0 Å². The van der Waals surface area contributed by atoms with Crippen molar-refractivity contribution in [2.24, 2.45) is 5.92 Å². The van der Waals surface area contributed by atoms with E-state index in [0.29, 0.717) is 19.4 Å². The van der Waals surface area contributed by atoms with Gasteiger partial charge in [0, 0.05) is 13.0 Å². The van der Waals surface area contributed by atoms with Crippen LogP contribution >= 0.6 is 0 Å². The first-order chi connectivity index (χ1) is 9.99. The van der Waals surface area contributed by atoms with Crippen molar-refractivity contribution in [1.82, 2.24) is 4.90 Å². The maximum atomic E-state index is 12.1. The van der Waals surface area contributed by atoms with E-state index in [1.165, 1.54) is 4.90 Å². The number of rotatable bonds is 8. The van der Waals surface area contributed by atoms with Gasteiger partial charge < -0.3 is 10.0 Å². The number of nitrogens with zero attached hydrogens (tertiary/aromatic N) is 1. The zero-order valence-corrected chi connectivity index (χ0v) is 12.7. The number of carboxylic acids is 1. The Morgan fingerprint density at radius 3 is 2.48 bits per heavy atom. The molecule has 1 aromatic carbocycles. The molecule has 0 aliphatic rings. The van der Waals surface area contributed by atoms with E-state index in [4.69, 9.17) is 5.11 Å². The van der Waals surface area contributed by atoms with E-state index in [1.807, 2.05) is 56.3 Å². The number of carbonyl (C=O) groups excluding carboxylic acids is 1. The van der Waals surface area contributed by atoms with Gasteiger partial charge in [0.2, 0.25) is 5.91 Å². The van der Waals surface area contributed by atoms with Crippen molar-refractivity contribution in [2.75, 3.05) is 13.1 Å². The molecule has 0 fully saturated rings. The maximum absolute atomic E-state index is 12.1. The number of benzene rings is 1. The Hall–Kier alpha value is -2.10. The second-order valence-corrected chi connectivity index (χ2v) is 5.41. The minimum Gasteiger partial charge on any atom is -0.480 e. The molecular weight excluding hydrogens is 266 g/mol. The van der Waals surface area contributed by atoms with Gasteiger partial charge in [0.1, 0.15) is 6.54 Å². The summed E-state index contributed by atoms with van der Waals surface area (Å²) >= 11 is 0. The van der Waals surface area contributed by atoms with Gasteiger partial charge in [0.05, 0.1) is 0 Å². The smallest absolute Gasteiger partial charge is 0.323 e. The summed E-state index contributed by atoms with van der Waals surface area (Å²) in [6.45, 7) is 4.20. The number of carbonyl (C=O) groups is 2. The number of allylic oxidation sites excluding steroid dienone is 1. The topological polar surface area (TPSA) is 57.6 Å². The van der Waals surface area contributed by atoms with E-state index in [2.05, 4.69) is 0 Å². The summed E-state index contributed by atoms with van der Waals surface area (Å²) in [7, 11) is 0. The molecule has 1 rings (SSSR count). The van der Waals surface area contributed by atoms with Crippen LogP contribution < -0.4 is 0 Å². The molecule has 4 heteroatoms. The summed E-state index contributed by atoms with van der Waals surface area (Å²) in [5.74, 6) is -0.819. The molecule has 0 unspecified atom stereocenters. The Morgan fingerprint density at radius 2 is 1.90 bits per heavy atom. The zero-order valence-electron chi connectivity index (χ0n) is 12.7. The fourth-order valence-corrected chi connectivity index (χ4v) is 2.01. The Bertz CT molecular complexity index is 480. The predicted octanol–water partition coefficient (Wildman–Crippen LogP) is 3.05. The lowest BCUT2D eigenvalue weighted by Gasteiger charge is -2.22. The van der Waals surface area contributed by atoms with Gasteiger partial charge in [0.15, 0.2) is 0 Å². The standard InChI is InChI=1S/C17H23NO3/c1-14(2)12-18(13-17(20)21)16(19)11-7-6-10-15-8-4-3-5-9-15/h3-6,8-10,14H,7,11-13H2,1-2H3,(H,20,21)/b10-6+. The highest BCUT2D eigenvalue weighted by atomic mass is 16.4. The predicted molar refractivity (Wildman–Crippen MR) is 83.8 cm³/mol. The number of hydrogen-bond acceptors (Lipinski definition) is 2. The van der Waals surface area contributed by atoms with Crippen molar-refractivity contribution in [3.63, 3.8) is 0 Å². The van der Waals surface area contributed by atoms with E-state index in [-0.39, 0.29) is 18.4 Å². The van der Waals surface area contributed by atoms with Crippen LogP contribution in [-0.4, -0.2) is 35.0 Å². The van der Waals surface area contributed by atoms with Crippen molar-refractivity contribution in [2.45, 2.75) is 26.7 Å². The fourth-order valence-electron chi connectivity index (χ4n) is 2.01. The number of aliphatic carboxylic acids is 1. The van der Waals surface area contributed by atoms with Crippen LogP contribution in [0.25, 0.3) is 6.08 Å². The van der Waals surface area contributed by atoms with Crippen molar-refractivity contribution in [3.8, 4) is 0 Å². The molecule has 1 aromatic rings. The van der Waals surface area contributed by atoms with Crippen LogP contribution in [-0.2, 0) is 9.59 Å². The monoisotopic (exact) mass is 289 g/mol. The molecule has 0 bridgehead atoms. The Labute approximate surface area is 126 Å². The van der Waals surface area contributed by atoms with Gasteiger partial charge in [-0.3, -0.25) is 9.59 Å². The van der Waals surface area contributed by atoms with Gasteiger partial charge in [-0.1, -0.05) is 56.3 Å². The maximum Gasteiger partial charge on any atom is 0.323 e. The summed E-state index contributed by atoms with van der Waals surface area (Å²) < 4.78 is 0. The van der Waals surface area contributed by atoms with Gasteiger partial charge in [-0.15, -0.1) is 0 Å². The van der Waals surface area contributed by atoms with E-state index in [0.717, 1.165) is 5.56 Å². The van der Waals surface area contributed by atoms with Crippen molar-refractivity contribution < 1.29 is 14.7 Å². The Morgan fingerprint density at radius 1 is 1.24 bits per heavy atom. The summed E-state index contributed by atoms with van der Waals surface area (Å²) in [6, 6.07) is 9.86. The molecule has 0 aromatic heterocycles. The van der Waals surface area contributed by atoms with Gasteiger partial charge in [-0.05, 0) is 17.9 Å². The molecule has 4 nitrogen and oxygen atoms in total. The van der Waals surface area contributed by atoms with Crippen LogP contribution in [0.4, 0.5) is 0 Å². The number of hydrogen-bond donors (Lipinski definition) is 1. The van der Waals surface area contributed by atoms with Gasteiger partial charge in [-0.2, -0.15) is 0 Å². The molecule has 1 N–H and O–H groups in total. The van der Waals surface area contributed by atoms with Crippen molar-refractivity contribution in [1.29, 1.82) is 0 Å². The van der Waals surface area contributed by atoms with Crippen molar-refractivity contribution in [3.05, 3.63) is 42.0 Å². The summed E-state index contributed by atoms with van der Waals surface area (Å²) in [4.78, 5) is 24.3. The minimum absolute atomic E-state index is 0.108. The third kappa shape index (κ3) is 7.30. The Balaban J connectivity index is 2.46. The first-order valence-corrected chi connectivity index (χ1v) is 7.20. The molecule has 0 saturated carbocycles. The molecule has 0 saturated heterocycles. The van der Waals surface area contributed by atoms with Gasteiger partial charge in [0.25, 0.3) is 0 Å². The van der Waals surface area contributed by atoms with E-state index in [1.54, 1.807) is 0 Å². The first kappa shape index (κ1) is 17.0. The normalized spacial score (nSPS) is 11.0. The van der Waals surface area contributed by atoms with Crippen molar-refractivity contribution >= 4 is 18.0 Å². The lowest BCUT2D eigenvalue weighted by atomic mass is 10.1. The molecule has 0 heterocycles.